The van der Waals surface area contributed by atoms with Gasteiger partial charge in [-0.15, -0.1) is 0 Å². The van der Waals surface area contributed by atoms with Crippen LogP contribution in [-0.4, -0.2) is 41.3 Å². The molecule has 0 radical (unpaired) electrons. The normalized spacial score (nSPS) is 25.0. The summed E-state index contributed by atoms with van der Waals surface area (Å²) in [6.07, 6.45) is 5.35. The zero-order valence-corrected chi connectivity index (χ0v) is 18.6. The van der Waals surface area contributed by atoms with Gasteiger partial charge in [0.2, 0.25) is 0 Å². The van der Waals surface area contributed by atoms with Gasteiger partial charge >= 0.3 is 5.97 Å². The lowest BCUT2D eigenvalue weighted by Gasteiger charge is -2.46. The van der Waals surface area contributed by atoms with E-state index < -0.39 is 23.6 Å². The minimum absolute atomic E-state index is 0.0489. The highest BCUT2D eigenvalue weighted by atomic mass is 19.1. The van der Waals surface area contributed by atoms with E-state index in [2.05, 4.69) is 24.0 Å². The second kappa shape index (κ2) is 8.84. The highest BCUT2D eigenvalue weighted by molar-refractivity contribution is 5.85. The minimum Gasteiger partial charge on any atom is -0.478 e. The van der Waals surface area contributed by atoms with E-state index in [-0.39, 0.29) is 23.2 Å². The molecule has 33 heavy (non-hydrogen) atoms. The molecule has 0 aromatic heterocycles. The Kier molecular flexibility index (Phi) is 5.89. The monoisotopic (exact) mass is 451 g/mol. The fraction of sp³-hybridized carbons (Fsp3) is 0.370. The van der Waals surface area contributed by atoms with Crippen LogP contribution in [-0.2, 0) is 16.0 Å². The zero-order valence-electron chi connectivity index (χ0n) is 18.6. The Morgan fingerprint density at radius 1 is 1.24 bits per heavy atom. The number of halogens is 2. The molecule has 172 valence electrons. The van der Waals surface area contributed by atoms with E-state index in [0.29, 0.717) is 19.6 Å². The SMILES string of the molecule is CC[C@@H]1CC2=C(Cc3ccccc32)[C@@H](c2c(F)cc(/C=C/C(=O)O)cc2F)N1[C@H]1CCOC1. The van der Waals surface area contributed by atoms with Crippen LogP contribution in [0.4, 0.5) is 8.78 Å². The second-order valence-corrected chi connectivity index (χ2v) is 9.04. The third-order valence-corrected chi connectivity index (χ3v) is 7.19. The van der Waals surface area contributed by atoms with E-state index in [1.165, 1.54) is 34.9 Å². The molecule has 0 spiro atoms. The van der Waals surface area contributed by atoms with E-state index >= 15 is 8.78 Å². The Morgan fingerprint density at radius 3 is 2.67 bits per heavy atom. The maximum absolute atomic E-state index is 15.6. The highest BCUT2D eigenvalue weighted by Crippen LogP contribution is 2.51. The first kappa shape index (κ1) is 22.0. The summed E-state index contributed by atoms with van der Waals surface area (Å²) in [5.41, 5.74) is 4.92. The number of carboxylic acid groups (broad SMARTS) is 1. The largest absolute Gasteiger partial charge is 0.478 e. The number of fused-ring (bicyclic) bond motifs is 2. The molecule has 3 aliphatic rings. The number of benzene rings is 2. The third kappa shape index (κ3) is 3.91. The molecule has 2 heterocycles. The first-order valence-electron chi connectivity index (χ1n) is 11.5. The summed E-state index contributed by atoms with van der Waals surface area (Å²) in [4.78, 5) is 13.1. The minimum atomic E-state index is -1.16. The van der Waals surface area contributed by atoms with E-state index in [4.69, 9.17) is 9.84 Å². The van der Waals surface area contributed by atoms with Crippen LogP contribution >= 0.6 is 0 Å². The van der Waals surface area contributed by atoms with Crippen LogP contribution in [0.1, 0.15) is 54.5 Å². The summed E-state index contributed by atoms with van der Waals surface area (Å²) in [6, 6.07) is 10.4. The second-order valence-electron chi connectivity index (χ2n) is 9.04. The van der Waals surface area contributed by atoms with Gasteiger partial charge in [0.15, 0.2) is 0 Å². The maximum atomic E-state index is 15.6. The number of hydrogen-bond acceptors (Lipinski definition) is 3. The van der Waals surface area contributed by atoms with Crippen molar-refractivity contribution in [3.05, 3.63) is 81.9 Å². The average Bonchev–Trinajstić information content (AvgIpc) is 3.44. The number of aliphatic carboxylic acids is 1. The molecule has 2 aromatic rings. The number of carboxylic acids is 1. The van der Waals surface area contributed by atoms with Crippen molar-refractivity contribution in [2.24, 2.45) is 0 Å². The molecule has 0 amide bonds. The summed E-state index contributed by atoms with van der Waals surface area (Å²) >= 11 is 0. The van der Waals surface area contributed by atoms with Gasteiger partial charge < -0.3 is 9.84 Å². The fourth-order valence-corrected chi connectivity index (χ4v) is 5.76. The van der Waals surface area contributed by atoms with Gasteiger partial charge in [0.05, 0.1) is 12.6 Å². The van der Waals surface area contributed by atoms with Crippen molar-refractivity contribution in [3.8, 4) is 0 Å². The van der Waals surface area contributed by atoms with E-state index in [0.717, 1.165) is 30.9 Å². The van der Waals surface area contributed by atoms with E-state index in [9.17, 15) is 4.79 Å². The van der Waals surface area contributed by atoms with Crippen LogP contribution in [0.15, 0.2) is 48.0 Å². The highest BCUT2D eigenvalue weighted by Gasteiger charge is 2.45. The van der Waals surface area contributed by atoms with Crippen LogP contribution in [0.3, 0.4) is 0 Å². The summed E-state index contributed by atoms with van der Waals surface area (Å²) in [5.74, 6) is -2.45. The molecule has 1 fully saturated rings. The van der Waals surface area contributed by atoms with Gasteiger partial charge in [-0.25, -0.2) is 13.6 Å². The van der Waals surface area contributed by atoms with Crippen LogP contribution in [0.2, 0.25) is 0 Å². The Bertz CT molecular complexity index is 1130. The number of hydrogen-bond donors (Lipinski definition) is 1. The molecule has 0 unspecified atom stereocenters. The molecule has 4 nitrogen and oxygen atoms in total. The molecule has 2 aliphatic heterocycles. The molecule has 5 rings (SSSR count). The van der Waals surface area contributed by atoms with Gasteiger partial charge in [-0.1, -0.05) is 31.2 Å². The Balaban J connectivity index is 1.66. The summed E-state index contributed by atoms with van der Waals surface area (Å²) in [6.45, 7) is 3.34. The van der Waals surface area contributed by atoms with Gasteiger partial charge in [-0.2, -0.15) is 0 Å². The molecule has 6 heteroatoms. The Labute approximate surface area is 192 Å². The predicted molar refractivity (Wildman–Crippen MR) is 123 cm³/mol. The standard InChI is InChI=1S/C27H27F2NO3/c1-2-18-14-21-20-6-4-3-5-17(20)13-22(21)27(30(18)19-9-10-33-15-19)26-23(28)11-16(12-24(26)29)7-8-25(31)32/h3-8,11-12,18-19,27H,2,9-10,13-15H2,1H3,(H,31,32)/b8-7+/t18-,19+,27+/m1/s1. The van der Waals surface area contributed by atoms with Crippen molar-refractivity contribution in [1.29, 1.82) is 0 Å². The molecule has 0 bridgehead atoms. The first-order valence-corrected chi connectivity index (χ1v) is 11.5. The van der Waals surface area contributed by atoms with Crippen molar-refractivity contribution in [3.63, 3.8) is 0 Å². The average molecular weight is 452 g/mol. The van der Waals surface area contributed by atoms with Crippen LogP contribution in [0.25, 0.3) is 11.6 Å². The molecule has 1 saturated heterocycles. The first-order chi connectivity index (χ1) is 16.0. The molecular weight excluding hydrogens is 424 g/mol. The summed E-state index contributed by atoms with van der Waals surface area (Å²) in [5, 5.41) is 8.87. The molecular formula is C27H27F2NO3. The van der Waals surface area contributed by atoms with Gasteiger partial charge in [-0.3, -0.25) is 4.90 Å². The van der Waals surface area contributed by atoms with Crippen LogP contribution in [0, 0.1) is 11.6 Å². The van der Waals surface area contributed by atoms with Crippen LogP contribution in [0.5, 0.6) is 0 Å². The smallest absolute Gasteiger partial charge is 0.328 e. The predicted octanol–water partition coefficient (Wildman–Crippen LogP) is 5.39. The number of rotatable bonds is 5. The number of carbonyl (C=O) groups is 1. The Morgan fingerprint density at radius 2 is 2.00 bits per heavy atom. The van der Waals surface area contributed by atoms with Crippen LogP contribution < -0.4 is 0 Å². The molecule has 2 aromatic carbocycles. The lowest BCUT2D eigenvalue weighted by molar-refractivity contribution is -0.131. The third-order valence-electron chi connectivity index (χ3n) is 7.19. The van der Waals surface area contributed by atoms with Gasteiger partial charge in [0, 0.05) is 30.3 Å². The molecule has 1 aliphatic carbocycles. The fourth-order valence-electron chi connectivity index (χ4n) is 5.76. The quantitative estimate of drug-likeness (QED) is 0.620. The zero-order chi connectivity index (χ0) is 23.1. The van der Waals surface area contributed by atoms with Crippen molar-refractivity contribution in [2.75, 3.05) is 13.2 Å². The van der Waals surface area contributed by atoms with Crippen molar-refractivity contribution in [1.82, 2.24) is 4.90 Å². The molecule has 3 atom stereocenters. The van der Waals surface area contributed by atoms with E-state index in [1.54, 1.807) is 0 Å². The van der Waals surface area contributed by atoms with Crippen molar-refractivity contribution in [2.45, 2.75) is 50.7 Å². The summed E-state index contributed by atoms with van der Waals surface area (Å²) < 4.78 is 36.9. The molecule has 0 saturated carbocycles. The van der Waals surface area contributed by atoms with Gasteiger partial charge in [-0.05, 0) is 71.7 Å². The van der Waals surface area contributed by atoms with Crippen molar-refractivity contribution < 1.29 is 23.4 Å². The lowest BCUT2D eigenvalue weighted by atomic mass is 9.82. The van der Waals surface area contributed by atoms with Gasteiger partial charge in [0.1, 0.15) is 11.6 Å². The summed E-state index contributed by atoms with van der Waals surface area (Å²) in [7, 11) is 0. The maximum Gasteiger partial charge on any atom is 0.328 e. The topological polar surface area (TPSA) is 49.8 Å². The lowest BCUT2D eigenvalue weighted by Crippen LogP contribution is -2.49. The molecule has 1 N–H and O–H groups in total. The van der Waals surface area contributed by atoms with Crippen molar-refractivity contribution >= 4 is 17.6 Å². The van der Waals surface area contributed by atoms with Gasteiger partial charge in [0.25, 0.3) is 0 Å². The van der Waals surface area contributed by atoms with E-state index in [1.807, 2.05) is 12.1 Å². The Hall–Kier alpha value is -2.83. The number of nitrogens with zero attached hydrogens (tertiary/aromatic N) is 1. The number of ether oxygens (including phenoxy) is 1.